The fourth-order valence-electron chi connectivity index (χ4n) is 0.594. The zero-order valence-corrected chi connectivity index (χ0v) is 4.74. The van der Waals surface area contributed by atoms with Gasteiger partial charge in [0.2, 0.25) is 0 Å². The number of nitrogens with zero attached hydrogens (tertiary/aromatic N) is 1. The van der Waals surface area contributed by atoms with Gasteiger partial charge in [0.1, 0.15) is 6.04 Å². The minimum Gasteiger partial charge on any atom is -0.301 e. The van der Waals surface area contributed by atoms with E-state index in [0.29, 0.717) is 5.71 Å². The first-order valence-electron chi connectivity index (χ1n) is 2.60. The molecule has 0 saturated heterocycles. The number of nitroso groups, excluding NO2 is 1. The Morgan fingerprint density at radius 1 is 1.44 bits per heavy atom. The number of hydrogen-bond donors (Lipinski definition) is 1. The first kappa shape index (κ1) is 5.88. The number of rotatable bonds is 1. The second-order valence-corrected chi connectivity index (χ2v) is 1.77. The molecule has 0 unspecified atom stereocenters. The summed E-state index contributed by atoms with van der Waals surface area (Å²) < 4.78 is 0. The van der Waals surface area contributed by atoms with E-state index in [0.717, 1.165) is 0 Å². The van der Waals surface area contributed by atoms with Gasteiger partial charge in [-0.05, 0) is 12.2 Å². The maximum atomic E-state index is 9.84. The molecule has 0 aromatic rings. The fourth-order valence-corrected chi connectivity index (χ4v) is 0.594. The molecule has 0 aromatic heterocycles. The van der Waals surface area contributed by atoms with E-state index in [2.05, 4.69) is 5.18 Å². The summed E-state index contributed by atoms with van der Waals surface area (Å²) in [5, 5.41) is 9.80. The van der Waals surface area contributed by atoms with Gasteiger partial charge in [0.25, 0.3) is 0 Å². The molecule has 0 amide bonds. The van der Waals surface area contributed by atoms with Crippen molar-refractivity contribution < 1.29 is 0 Å². The molecule has 1 rings (SSSR count). The van der Waals surface area contributed by atoms with E-state index < -0.39 is 0 Å². The molecule has 1 aliphatic rings. The Bertz CT molecular complexity index is 177. The molecule has 0 atom stereocenters. The standard InChI is InChI=1S/C6H6N2O/c7-5-1-3-6(8-9)4-2-5/h1-4,6-7H. The summed E-state index contributed by atoms with van der Waals surface area (Å²) in [5.41, 5.74) is 0.412. The number of hydrogen-bond acceptors (Lipinski definition) is 3. The molecule has 1 N–H and O–H groups in total. The van der Waals surface area contributed by atoms with Crippen LogP contribution >= 0.6 is 0 Å². The lowest BCUT2D eigenvalue weighted by Crippen LogP contribution is -2.01. The Hall–Kier alpha value is -1.25. The smallest absolute Gasteiger partial charge is 0.129 e. The Balaban J connectivity index is 2.68. The Kier molecular flexibility index (Phi) is 1.53. The summed E-state index contributed by atoms with van der Waals surface area (Å²) in [7, 11) is 0. The largest absolute Gasteiger partial charge is 0.301 e. The lowest BCUT2D eigenvalue weighted by atomic mass is 10.1. The van der Waals surface area contributed by atoms with Crippen molar-refractivity contribution >= 4 is 5.71 Å². The van der Waals surface area contributed by atoms with Gasteiger partial charge < -0.3 is 5.41 Å². The number of allylic oxidation sites excluding steroid dienone is 2. The van der Waals surface area contributed by atoms with Crippen LogP contribution in [-0.4, -0.2) is 11.8 Å². The average molecular weight is 122 g/mol. The Labute approximate surface area is 52.6 Å². The minimum atomic E-state index is -0.362. The zero-order valence-electron chi connectivity index (χ0n) is 4.74. The summed E-state index contributed by atoms with van der Waals surface area (Å²) >= 11 is 0. The van der Waals surface area contributed by atoms with Crippen LogP contribution in [0.2, 0.25) is 0 Å². The molecule has 3 heteroatoms. The summed E-state index contributed by atoms with van der Waals surface area (Å²) in [6.07, 6.45) is 6.31. The quantitative estimate of drug-likeness (QED) is 0.523. The molecule has 1 aliphatic carbocycles. The van der Waals surface area contributed by atoms with Gasteiger partial charge in [0.15, 0.2) is 0 Å². The topological polar surface area (TPSA) is 53.3 Å². The van der Waals surface area contributed by atoms with Crippen LogP contribution in [0.4, 0.5) is 0 Å². The highest BCUT2D eigenvalue weighted by Gasteiger charge is 2.01. The maximum absolute atomic E-state index is 9.84. The van der Waals surface area contributed by atoms with Gasteiger partial charge in [0.05, 0.1) is 5.71 Å². The lowest BCUT2D eigenvalue weighted by Gasteiger charge is -1.99. The highest BCUT2D eigenvalue weighted by molar-refractivity contribution is 6.02. The van der Waals surface area contributed by atoms with Crippen molar-refractivity contribution in [2.75, 3.05) is 0 Å². The van der Waals surface area contributed by atoms with E-state index in [1.165, 1.54) is 0 Å². The molecule has 0 aromatic carbocycles. The third kappa shape index (κ3) is 1.32. The van der Waals surface area contributed by atoms with Crippen LogP contribution in [-0.2, 0) is 0 Å². The second kappa shape index (κ2) is 2.35. The molecule has 0 radical (unpaired) electrons. The Morgan fingerprint density at radius 3 is 2.44 bits per heavy atom. The fraction of sp³-hybridized carbons (Fsp3) is 0.167. The third-order valence-corrected chi connectivity index (χ3v) is 1.07. The lowest BCUT2D eigenvalue weighted by molar-refractivity contribution is 1.01. The van der Waals surface area contributed by atoms with Gasteiger partial charge in [-0.15, -0.1) is 4.91 Å². The van der Waals surface area contributed by atoms with Crippen LogP contribution in [0, 0.1) is 10.3 Å². The molecule has 0 aliphatic heterocycles. The molecule has 9 heavy (non-hydrogen) atoms. The van der Waals surface area contributed by atoms with Gasteiger partial charge in [-0.1, -0.05) is 17.3 Å². The van der Waals surface area contributed by atoms with Gasteiger partial charge in [-0.3, -0.25) is 0 Å². The Morgan fingerprint density at radius 2 is 2.00 bits per heavy atom. The van der Waals surface area contributed by atoms with Gasteiger partial charge in [-0.25, -0.2) is 0 Å². The van der Waals surface area contributed by atoms with Crippen molar-refractivity contribution in [1.82, 2.24) is 0 Å². The van der Waals surface area contributed by atoms with Crippen molar-refractivity contribution in [3.63, 3.8) is 0 Å². The van der Waals surface area contributed by atoms with Crippen LogP contribution in [0.5, 0.6) is 0 Å². The summed E-state index contributed by atoms with van der Waals surface area (Å²) in [5.74, 6) is 0. The van der Waals surface area contributed by atoms with E-state index in [9.17, 15) is 4.91 Å². The zero-order chi connectivity index (χ0) is 6.69. The minimum absolute atomic E-state index is 0.362. The first-order chi connectivity index (χ1) is 4.33. The van der Waals surface area contributed by atoms with Crippen molar-refractivity contribution in [2.45, 2.75) is 6.04 Å². The molecule has 0 bridgehead atoms. The van der Waals surface area contributed by atoms with Crippen LogP contribution in [0.25, 0.3) is 0 Å². The number of nitrogens with one attached hydrogen (secondary N) is 1. The molecule has 0 fully saturated rings. The average Bonchev–Trinajstić information content (AvgIpc) is 1.90. The predicted molar refractivity (Wildman–Crippen MR) is 35.6 cm³/mol. The highest BCUT2D eigenvalue weighted by atomic mass is 16.3. The van der Waals surface area contributed by atoms with Crippen molar-refractivity contribution in [2.24, 2.45) is 5.18 Å². The van der Waals surface area contributed by atoms with Gasteiger partial charge in [-0.2, -0.15) is 0 Å². The molecule has 46 valence electrons. The summed E-state index contributed by atoms with van der Waals surface area (Å²) in [6, 6.07) is -0.362. The van der Waals surface area contributed by atoms with E-state index >= 15 is 0 Å². The molecular weight excluding hydrogens is 116 g/mol. The summed E-state index contributed by atoms with van der Waals surface area (Å²) in [4.78, 5) is 9.84. The van der Waals surface area contributed by atoms with Gasteiger partial charge >= 0.3 is 0 Å². The summed E-state index contributed by atoms with van der Waals surface area (Å²) in [6.45, 7) is 0. The first-order valence-corrected chi connectivity index (χ1v) is 2.60. The van der Waals surface area contributed by atoms with Crippen molar-refractivity contribution in [3.05, 3.63) is 29.2 Å². The molecular formula is C6H6N2O. The third-order valence-electron chi connectivity index (χ3n) is 1.07. The molecule has 3 nitrogen and oxygen atoms in total. The van der Waals surface area contributed by atoms with Gasteiger partial charge in [0, 0.05) is 0 Å². The van der Waals surface area contributed by atoms with Crippen LogP contribution in [0.3, 0.4) is 0 Å². The van der Waals surface area contributed by atoms with E-state index in [1.807, 2.05) is 0 Å². The van der Waals surface area contributed by atoms with E-state index in [1.54, 1.807) is 24.3 Å². The van der Waals surface area contributed by atoms with E-state index in [4.69, 9.17) is 5.41 Å². The SMILES string of the molecule is N=C1C=CC(N=O)C=C1. The molecule has 0 saturated carbocycles. The molecule has 0 heterocycles. The van der Waals surface area contributed by atoms with Crippen molar-refractivity contribution in [1.29, 1.82) is 5.41 Å². The van der Waals surface area contributed by atoms with E-state index in [-0.39, 0.29) is 6.04 Å². The van der Waals surface area contributed by atoms with Crippen LogP contribution in [0.15, 0.2) is 29.5 Å². The maximum Gasteiger partial charge on any atom is 0.129 e. The highest BCUT2D eigenvalue weighted by Crippen LogP contribution is 2.01. The predicted octanol–water partition coefficient (Wildman–Crippen LogP) is 1.27. The molecule has 0 spiro atoms. The van der Waals surface area contributed by atoms with Crippen molar-refractivity contribution in [3.8, 4) is 0 Å². The van der Waals surface area contributed by atoms with Crippen LogP contribution < -0.4 is 0 Å². The normalized spacial score (nSPS) is 24.4. The van der Waals surface area contributed by atoms with Crippen LogP contribution in [0.1, 0.15) is 0 Å². The second-order valence-electron chi connectivity index (χ2n) is 1.77. The monoisotopic (exact) mass is 122 g/mol.